The lowest BCUT2D eigenvalue weighted by Gasteiger charge is -2.28. The van der Waals surface area contributed by atoms with Crippen LogP contribution in [-0.4, -0.2) is 41.2 Å². The van der Waals surface area contributed by atoms with Crippen molar-refractivity contribution in [3.8, 4) is 0 Å². The van der Waals surface area contributed by atoms with E-state index in [1.54, 1.807) is 31.2 Å². The van der Waals surface area contributed by atoms with Crippen LogP contribution in [0.2, 0.25) is 0 Å². The van der Waals surface area contributed by atoms with Gasteiger partial charge in [0.2, 0.25) is 0 Å². The van der Waals surface area contributed by atoms with Crippen LogP contribution >= 0.6 is 11.3 Å². The molecule has 2 heterocycles. The third-order valence-electron chi connectivity index (χ3n) is 5.29. The summed E-state index contributed by atoms with van der Waals surface area (Å²) in [6.45, 7) is 2.51. The molecule has 0 aliphatic carbocycles. The smallest absolute Gasteiger partial charge is 0.325 e. The number of nitrogens with one attached hydrogen (secondary N) is 3. The molecule has 0 fully saturated rings. The Kier molecular flexibility index (Phi) is 7.03. The van der Waals surface area contributed by atoms with E-state index in [0.717, 1.165) is 16.6 Å². The summed E-state index contributed by atoms with van der Waals surface area (Å²) >= 11 is 1.30. The lowest BCUT2D eigenvalue weighted by atomic mass is 10.1. The first kappa shape index (κ1) is 23.6. The van der Waals surface area contributed by atoms with E-state index in [1.165, 1.54) is 23.5 Å². The molecule has 0 radical (unpaired) electrons. The average molecular weight is 488 g/mol. The molecule has 34 heavy (non-hydrogen) atoms. The Morgan fingerprint density at radius 1 is 1.18 bits per heavy atom. The summed E-state index contributed by atoms with van der Waals surface area (Å²) in [6, 6.07) is 9.36. The molecule has 1 aliphatic rings. The molecule has 11 heteroatoms. The maximum atomic E-state index is 13.6. The second kappa shape index (κ2) is 10.1. The van der Waals surface area contributed by atoms with E-state index in [4.69, 9.17) is 5.11 Å². The molecule has 0 saturated heterocycles. The number of para-hydroxylation sites is 1. The number of anilines is 3. The normalized spacial score (nSPS) is 13.7. The average Bonchev–Trinajstić information content (AvgIpc) is 3.22. The number of hydrogen-bond acceptors (Lipinski definition) is 6. The number of carbonyl (C=O) groups excluding carboxylic acids is 2. The number of aliphatic hydroxyl groups excluding tert-OH is 1. The summed E-state index contributed by atoms with van der Waals surface area (Å²) < 4.78 is 26.9. The van der Waals surface area contributed by atoms with Gasteiger partial charge in [-0.3, -0.25) is 10.1 Å². The molecule has 1 unspecified atom stereocenters. The third kappa shape index (κ3) is 5.32. The summed E-state index contributed by atoms with van der Waals surface area (Å²) in [5.74, 6) is -2.20. The van der Waals surface area contributed by atoms with E-state index in [0.29, 0.717) is 36.0 Å². The van der Waals surface area contributed by atoms with Crippen LogP contribution in [0.3, 0.4) is 0 Å². The number of carbonyl (C=O) groups is 2. The Morgan fingerprint density at radius 3 is 2.74 bits per heavy atom. The minimum atomic E-state index is -0.897. The van der Waals surface area contributed by atoms with Gasteiger partial charge in [-0.1, -0.05) is 23.5 Å². The lowest BCUT2D eigenvalue weighted by Crippen LogP contribution is -2.35. The van der Waals surface area contributed by atoms with Crippen LogP contribution in [0.15, 0.2) is 42.5 Å². The number of aliphatic hydroxyl groups is 1. The first-order valence-electron chi connectivity index (χ1n) is 10.6. The fourth-order valence-corrected chi connectivity index (χ4v) is 4.56. The fourth-order valence-electron chi connectivity index (χ4n) is 3.54. The SMILES string of the molecule is CC(CO)NC(=O)c1ccccc1NC(=O)Nc1nc2c(s1)CN(c1ccc(F)c(F)c1)CC2. The largest absolute Gasteiger partial charge is 0.394 e. The van der Waals surface area contributed by atoms with E-state index >= 15 is 0 Å². The van der Waals surface area contributed by atoms with Crippen molar-refractivity contribution in [1.29, 1.82) is 0 Å². The Bertz CT molecular complexity index is 1220. The number of amides is 3. The van der Waals surface area contributed by atoms with E-state index in [2.05, 4.69) is 20.9 Å². The molecule has 8 nitrogen and oxygen atoms in total. The van der Waals surface area contributed by atoms with Crippen molar-refractivity contribution in [2.45, 2.75) is 25.9 Å². The lowest BCUT2D eigenvalue weighted by molar-refractivity contribution is 0.0923. The van der Waals surface area contributed by atoms with Crippen LogP contribution in [-0.2, 0) is 13.0 Å². The Morgan fingerprint density at radius 2 is 1.97 bits per heavy atom. The minimum absolute atomic E-state index is 0.204. The number of rotatable bonds is 6. The first-order chi connectivity index (χ1) is 16.3. The molecule has 0 saturated carbocycles. The fraction of sp³-hybridized carbons (Fsp3) is 0.261. The molecular weight excluding hydrogens is 464 g/mol. The summed E-state index contributed by atoms with van der Waals surface area (Å²) in [7, 11) is 0. The molecular formula is C23H23F2N5O3S. The van der Waals surface area contributed by atoms with Gasteiger partial charge in [0, 0.05) is 35.6 Å². The van der Waals surface area contributed by atoms with Gasteiger partial charge in [-0.2, -0.15) is 0 Å². The number of halogens is 2. The second-order valence-corrected chi connectivity index (χ2v) is 8.92. The molecule has 3 aromatic rings. The van der Waals surface area contributed by atoms with Crippen molar-refractivity contribution < 1.29 is 23.5 Å². The number of hydrogen-bond donors (Lipinski definition) is 4. The zero-order valence-corrected chi connectivity index (χ0v) is 19.1. The van der Waals surface area contributed by atoms with Gasteiger partial charge in [-0.25, -0.2) is 18.6 Å². The molecule has 2 aromatic carbocycles. The van der Waals surface area contributed by atoms with Gasteiger partial charge in [0.25, 0.3) is 5.91 Å². The molecule has 3 amide bonds. The second-order valence-electron chi connectivity index (χ2n) is 7.84. The maximum Gasteiger partial charge on any atom is 0.325 e. The van der Waals surface area contributed by atoms with E-state index in [-0.39, 0.29) is 12.2 Å². The number of nitrogens with zero attached hydrogens (tertiary/aromatic N) is 2. The highest BCUT2D eigenvalue weighted by molar-refractivity contribution is 7.15. The maximum absolute atomic E-state index is 13.6. The zero-order valence-electron chi connectivity index (χ0n) is 18.3. The highest BCUT2D eigenvalue weighted by Crippen LogP contribution is 2.31. The minimum Gasteiger partial charge on any atom is -0.394 e. The highest BCUT2D eigenvalue weighted by Gasteiger charge is 2.23. The quantitative estimate of drug-likeness (QED) is 0.424. The van der Waals surface area contributed by atoms with Gasteiger partial charge in [0.05, 0.1) is 30.1 Å². The number of benzene rings is 2. The van der Waals surface area contributed by atoms with E-state index in [1.807, 2.05) is 4.90 Å². The summed E-state index contributed by atoms with van der Waals surface area (Å²) in [5.41, 5.74) is 2.00. The van der Waals surface area contributed by atoms with E-state index in [9.17, 15) is 18.4 Å². The summed E-state index contributed by atoms with van der Waals surface area (Å²) in [6.07, 6.45) is 0.597. The molecule has 1 aromatic heterocycles. The zero-order chi connectivity index (χ0) is 24.2. The Balaban J connectivity index is 1.42. The van der Waals surface area contributed by atoms with Crippen LogP contribution in [0.1, 0.15) is 27.9 Å². The summed E-state index contributed by atoms with van der Waals surface area (Å²) in [5, 5.41) is 17.5. The van der Waals surface area contributed by atoms with Crippen molar-refractivity contribution >= 4 is 39.8 Å². The van der Waals surface area contributed by atoms with Crippen molar-refractivity contribution in [3.05, 3.63) is 70.2 Å². The molecule has 0 bridgehead atoms. The van der Waals surface area contributed by atoms with Crippen LogP contribution in [0.4, 0.5) is 30.1 Å². The number of thiazole rings is 1. The molecule has 1 aliphatic heterocycles. The molecule has 0 spiro atoms. The van der Waals surface area contributed by atoms with Gasteiger partial charge >= 0.3 is 6.03 Å². The van der Waals surface area contributed by atoms with Crippen molar-refractivity contribution in [1.82, 2.24) is 10.3 Å². The third-order valence-corrected chi connectivity index (χ3v) is 6.29. The van der Waals surface area contributed by atoms with Gasteiger partial charge in [-0.05, 0) is 31.2 Å². The first-order valence-corrected chi connectivity index (χ1v) is 11.4. The Hall–Kier alpha value is -3.57. The number of urea groups is 1. The van der Waals surface area contributed by atoms with Crippen LogP contribution < -0.4 is 20.9 Å². The van der Waals surface area contributed by atoms with Crippen molar-refractivity contribution in [2.75, 3.05) is 28.7 Å². The number of aromatic nitrogens is 1. The predicted molar refractivity (Wildman–Crippen MR) is 126 cm³/mol. The number of fused-ring (bicyclic) bond motifs is 1. The molecule has 4 rings (SSSR count). The molecule has 4 N–H and O–H groups in total. The standard InChI is InChI=1S/C23H23F2N5O3S/c1-13(12-31)26-21(32)15-4-2-3-5-18(15)27-22(33)29-23-28-19-8-9-30(11-20(19)34-23)14-6-7-16(24)17(25)10-14/h2-7,10,13,31H,8-9,11-12H2,1H3,(H,26,32)(H2,27,28,29,33). The van der Waals surface area contributed by atoms with Crippen LogP contribution in [0, 0.1) is 11.6 Å². The van der Waals surface area contributed by atoms with Crippen LogP contribution in [0.25, 0.3) is 0 Å². The monoisotopic (exact) mass is 487 g/mol. The molecule has 1 atom stereocenters. The van der Waals surface area contributed by atoms with Gasteiger partial charge in [0.1, 0.15) is 0 Å². The van der Waals surface area contributed by atoms with Gasteiger partial charge in [0.15, 0.2) is 16.8 Å². The summed E-state index contributed by atoms with van der Waals surface area (Å²) in [4.78, 5) is 32.4. The topological polar surface area (TPSA) is 107 Å². The molecule has 178 valence electrons. The van der Waals surface area contributed by atoms with Crippen molar-refractivity contribution in [3.63, 3.8) is 0 Å². The van der Waals surface area contributed by atoms with Crippen LogP contribution in [0.5, 0.6) is 0 Å². The van der Waals surface area contributed by atoms with E-state index < -0.39 is 29.6 Å². The predicted octanol–water partition coefficient (Wildman–Crippen LogP) is 3.74. The van der Waals surface area contributed by atoms with Gasteiger partial charge in [-0.15, -0.1) is 0 Å². The highest BCUT2D eigenvalue weighted by atomic mass is 32.1. The van der Waals surface area contributed by atoms with Crippen molar-refractivity contribution in [2.24, 2.45) is 0 Å². The van der Waals surface area contributed by atoms with Gasteiger partial charge < -0.3 is 20.6 Å². The Labute approximate surface area is 198 Å².